The molecular weight excluding hydrogens is 422 g/mol. The zero-order chi connectivity index (χ0) is 22.7. The lowest BCUT2D eigenvalue weighted by Gasteiger charge is -2.08. The topological polar surface area (TPSA) is 81.1 Å². The lowest BCUT2D eigenvalue weighted by molar-refractivity contribution is -0.116. The van der Waals surface area contributed by atoms with Gasteiger partial charge in [0, 0.05) is 29.4 Å². The van der Waals surface area contributed by atoms with Gasteiger partial charge in [-0.05, 0) is 49.1 Å². The molecule has 0 bridgehead atoms. The van der Waals surface area contributed by atoms with Crippen molar-refractivity contribution in [3.05, 3.63) is 83.1 Å². The molecule has 1 saturated heterocycles. The number of carbonyl (C=O) groups is 1. The molecule has 4 rings (SSSR count). The van der Waals surface area contributed by atoms with Crippen LogP contribution in [0.3, 0.4) is 0 Å². The molecule has 32 heavy (non-hydrogen) atoms. The van der Waals surface area contributed by atoms with Crippen LogP contribution >= 0.6 is 0 Å². The Hall–Kier alpha value is -3.19. The molecule has 1 amide bonds. The Labute approximate surface area is 188 Å². The summed E-state index contributed by atoms with van der Waals surface area (Å²) in [7, 11) is -3.04. The second-order valence-corrected chi connectivity index (χ2v) is 10.6. The van der Waals surface area contributed by atoms with Crippen molar-refractivity contribution in [1.82, 2.24) is 15.1 Å². The van der Waals surface area contributed by atoms with Gasteiger partial charge in [-0.25, -0.2) is 8.42 Å². The SMILES string of the molecule is Cc1ccc(-c2nn(Cc3ccccc3)cc2C=CC(=O)NC2CCS(=O)(=O)C2)cc1C. The smallest absolute Gasteiger partial charge is 0.244 e. The number of nitrogens with zero attached hydrogens (tertiary/aromatic N) is 2. The first-order chi connectivity index (χ1) is 15.3. The third-order valence-electron chi connectivity index (χ3n) is 5.75. The van der Waals surface area contributed by atoms with E-state index < -0.39 is 9.84 Å². The molecule has 1 unspecified atom stereocenters. The maximum atomic E-state index is 12.4. The minimum Gasteiger partial charge on any atom is -0.349 e. The van der Waals surface area contributed by atoms with Gasteiger partial charge in [-0.1, -0.05) is 42.5 Å². The van der Waals surface area contributed by atoms with Crippen LogP contribution in [0.2, 0.25) is 0 Å². The second kappa shape index (κ2) is 9.12. The molecule has 1 aliphatic rings. The van der Waals surface area contributed by atoms with Crippen LogP contribution in [-0.4, -0.2) is 41.7 Å². The molecule has 1 fully saturated rings. The number of hydrogen-bond donors (Lipinski definition) is 1. The molecule has 7 heteroatoms. The predicted octanol–water partition coefficient (Wildman–Crippen LogP) is 3.53. The Balaban J connectivity index is 1.59. The maximum absolute atomic E-state index is 12.4. The number of carbonyl (C=O) groups excluding carboxylic acids is 1. The van der Waals surface area contributed by atoms with E-state index in [9.17, 15) is 13.2 Å². The van der Waals surface area contributed by atoms with Crippen LogP contribution in [0.1, 0.15) is 28.7 Å². The van der Waals surface area contributed by atoms with Crippen LogP contribution in [-0.2, 0) is 21.2 Å². The molecular formula is C25H27N3O3S. The minimum absolute atomic E-state index is 0.00941. The highest BCUT2D eigenvalue weighted by atomic mass is 32.2. The molecule has 0 radical (unpaired) electrons. The largest absolute Gasteiger partial charge is 0.349 e. The highest BCUT2D eigenvalue weighted by Crippen LogP contribution is 2.26. The van der Waals surface area contributed by atoms with Gasteiger partial charge in [-0.15, -0.1) is 0 Å². The predicted molar refractivity (Wildman–Crippen MR) is 127 cm³/mol. The molecule has 1 aliphatic heterocycles. The summed E-state index contributed by atoms with van der Waals surface area (Å²) >= 11 is 0. The Kier molecular flexibility index (Phi) is 6.28. The zero-order valence-electron chi connectivity index (χ0n) is 18.3. The number of hydrogen-bond acceptors (Lipinski definition) is 4. The molecule has 0 spiro atoms. The molecule has 0 aliphatic carbocycles. The standard InChI is InChI=1S/C25H27N3O3S/c1-18-8-9-21(14-19(18)2)25-22(16-28(27-25)15-20-6-4-3-5-7-20)10-11-24(29)26-23-12-13-32(30,31)17-23/h3-11,14,16,23H,12-13,15,17H2,1-2H3,(H,26,29). The first kappa shape index (κ1) is 22.0. The summed E-state index contributed by atoms with van der Waals surface area (Å²) < 4.78 is 25.1. The van der Waals surface area contributed by atoms with Gasteiger partial charge in [0.05, 0.1) is 23.7 Å². The average Bonchev–Trinajstić information content (AvgIpc) is 3.31. The third-order valence-corrected chi connectivity index (χ3v) is 7.52. The van der Waals surface area contributed by atoms with Crippen molar-refractivity contribution in [3.63, 3.8) is 0 Å². The minimum atomic E-state index is -3.04. The normalized spacial score (nSPS) is 17.6. The van der Waals surface area contributed by atoms with E-state index in [2.05, 4.69) is 43.4 Å². The van der Waals surface area contributed by atoms with Gasteiger partial charge in [-0.2, -0.15) is 5.10 Å². The lowest BCUT2D eigenvalue weighted by Crippen LogP contribution is -2.34. The molecule has 2 heterocycles. The van der Waals surface area contributed by atoms with Gasteiger partial charge >= 0.3 is 0 Å². The summed E-state index contributed by atoms with van der Waals surface area (Å²) in [5.74, 6) is -0.158. The first-order valence-electron chi connectivity index (χ1n) is 10.7. The van der Waals surface area contributed by atoms with E-state index in [1.54, 1.807) is 6.08 Å². The zero-order valence-corrected chi connectivity index (χ0v) is 19.1. The van der Waals surface area contributed by atoms with Crippen molar-refractivity contribution < 1.29 is 13.2 Å². The summed E-state index contributed by atoms with van der Waals surface area (Å²) in [5.41, 5.74) is 6.14. The number of aryl methyl sites for hydroxylation is 2. The fourth-order valence-electron chi connectivity index (χ4n) is 3.85. The first-order valence-corrected chi connectivity index (χ1v) is 12.5. The van der Waals surface area contributed by atoms with Crippen molar-refractivity contribution in [2.75, 3.05) is 11.5 Å². The molecule has 3 aromatic rings. The fraction of sp³-hybridized carbons (Fsp3) is 0.280. The summed E-state index contributed by atoms with van der Waals surface area (Å²) in [6.45, 7) is 4.76. The Morgan fingerprint density at radius 1 is 1.16 bits per heavy atom. The number of sulfone groups is 1. The van der Waals surface area contributed by atoms with Crippen LogP contribution in [0.4, 0.5) is 0 Å². The molecule has 1 aromatic heterocycles. The molecule has 166 valence electrons. The van der Waals surface area contributed by atoms with Crippen LogP contribution in [0.15, 0.2) is 60.8 Å². The van der Waals surface area contributed by atoms with Crippen LogP contribution in [0.5, 0.6) is 0 Å². The van der Waals surface area contributed by atoms with Crippen molar-refractivity contribution in [2.24, 2.45) is 0 Å². The lowest BCUT2D eigenvalue weighted by atomic mass is 10.0. The van der Waals surface area contributed by atoms with Crippen LogP contribution < -0.4 is 5.32 Å². The van der Waals surface area contributed by atoms with E-state index in [1.165, 1.54) is 17.2 Å². The summed E-state index contributed by atoms with van der Waals surface area (Å²) in [6, 6.07) is 16.0. The van der Waals surface area contributed by atoms with Gasteiger partial charge in [-0.3, -0.25) is 9.48 Å². The van der Waals surface area contributed by atoms with E-state index in [0.717, 1.165) is 22.4 Å². The van der Waals surface area contributed by atoms with Crippen molar-refractivity contribution in [3.8, 4) is 11.3 Å². The Morgan fingerprint density at radius 2 is 1.94 bits per heavy atom. The Morgan fingerprint density at radius 3 is 2.62 bits per heavy atom. The summed E-state index contributed by atoms with van der Waals surface area (Å²) in [4.78, 5) is 12.4. The quantitative estimate of drug-likeness (QED) is 0.584. The van der Waals surface area contributed by atoms with Gasteiger partial charge < -0.3 is 5.32 Å². The van der Waals surface area contributed by atoms with Gasteiger partial charge in [0.1, 0.15) is 0 Å². The number of amides is 1. The van der Waals surface area contributed by atoms with E-state index in [4.69, 9.17) is 5.10 Å². The molecule has 1 N–H and O–H groups in total. The fourth-order valence-corrected chi connectivity index (χ4v) is 5.52. The van der Waals surface area contributed by atoms with Gasteiger partial charge in [0.2, 0.25) is 5.91 Å². The van der Waals surface area contributed by atoms with Crippen LogP contribution in [0.25, 0.3) is 17.3 Å². The van der Waals surface area contributed by atoms with Crippen molar-refractivity contribution >= 4 is 21.8 Å². The van der Waals surface area contributed by atoms with E-state index >= 15 is 0 Å². The number of benzene rings is 2. The highest BCUT2D eigenvalue weighted by Gasteiger charge is 2.28. The number of rotatable bonds is 6. The van der Waals surface area contributed by atoms with Crippen LogP contribution in [0, 0.1) is 13.8 Å². The maximum Gasteiger partial charge on any atom is 0.244 e. The highest BCUT2D eigenvalue weighted by molar-refractivity contribution is 7.91. The number of nitrogens with one attached hydrogen (secondary N) is 1. The van der Waals surface area contributed by atoms with E-state index in [1.807, 2.05) is 35.1 Å². The number of aromatic nitrogens is 2. The van der Waals surface area contributed by atoms with Gasteiger partial charge in [0.15, 0.2) is 9.84 Å². The third kappa shape index (κ3) is 5.34. The molecule has 2 aromatic carbocycles. The second-order valence-electron chi connectivity index (χ2n) is 8.36. The molecule has 0 saturated carbocycles. The van der Waals surface area contributed by atoms with Gasteiger partial charge in [0.25, 0.3) is 0 Å². The van der Waals surface area contributed by atoms with E-state index in [-0.39, 0.29) is 23.5 Å². The Bertz CT molecular complexity index is 1260. The average molecular weight is 450 g/mol. The van der Waals surface area contributed by atoms with E-state index in [0.29, 0.717) is 13.0 Å². The van der Waals surface area contributed by atoms with Crippen molar-refractivity contribution in [1.29, 1.82) is 0 Å². The summed E-state index contributed by atoms with van der Waals surface area (Å²) in [6.07, 6.45) is 5.60. The molecule has 6 nitrogen and oxygen atoms in total. The molecule has 1 atom stereocenters. The monoisotopic (exact) mass is 449 g/mol. The van der Waals surface area contributed by atoms with Crippen molar-refractivity contribution in [2.45, 2.75) is 32.9 Å². The summed E-state index contributed by atoms with van der Waals surface area (Å²) in [5, 5.41) is 7.60.